The van der Waals surface area contributed by atoms with Gasteiger partial charge in [-0.3, -0.25) is 14.6 Å². The minimum Gasteiger partial charge on any atom is -0.489 e. The Morgan fingerprint density at radius 3 is 2.59 bits per heavy atom. The fraction of sp³-hybridized carbons (Fsp3) is 0.200. The van der Waals surface area contributed by atoms with E-state index in [-0.39, 0.29) is 24.1 Å². The lowest BCUT2D eigenvalue weighted by Gasteiger charge is -2.33. The molecule has 0 aliphatic carbocycles. The number of halogens is 1. The van der Waals surface area contributed by atoms with Crippen LogP contribution in [0.4, 0.5) is 5.69 Å². The highest BCUT2D eigenvalue weighted by molar-refractivity contribution is 6.31. The summed E-state index contributed by atoms with van der Waals surface area (Å²) >= 11 is 6.63. The van der Waals surface area contributed by atoms with Gasteiger partial charge in [0.2, 0.25) is 0 Å². The van der Waals surface area contributed by atoms with Gasteiger partial charge in [-0.2, -0.15) is 5.10 Å². The second-order valence-electron chi connectivity index (χ2n) is 9.40. The van der Waals surface area contributed by atoms with Gasteiger partial charge < -0.3 is 14.5 Å². The third kappa shape index (κ3) is 4.73. The highest BCUT2D eigenvalue weighted by atomic mass is 35.5. The van der Waals surface area contributed by atoms with E-state index in [2.05, 4.69) is 21.9 Å². The zero-order valence-electron chi connectivity index (χ0n) is 21.2. The van der Waals surface area contributed by atoms with E-state index in [0.29, 0.717) is 41.7 Å². The average molecular weight is 538 g/mol. The zero-order chi connectivity index (χ0) is 26.9. The molecule has 0 fully saturated rings. The standard InChI is InChI=1S/C30H24ClN5O3/c1-34-24-10-9-21(8-7-20-11-14-32-15-12-20)17-26(24)39-19-25(29(34)37)35-16-13-23-27(30(35)38)33-36(28(23)31)18-22-5-3-2-4-6-22/h2-6,9-12,14-15,17,25H,13,16,18-19H2,1H3/t25-/m1/s1. The number of carbonyl (C=O) groups is 2. The van der Waals surface area contributed by atoms with E-state index in [1.165, 1.54) is 4.90 Å². The van der Waals surface area contributed by atoms with Gasteiger partial charge in [0.15, 0.2) is 5.69 Å². The normalized spacial score (nSPS) is 16.5. The van der Waals surface area contributed by atoms with Crippen LogP contribution >= 0.6 is 11.6 Å². The van der Waals surface area contributed by atoms with E-state index in [0.717, 1.165) is 16.7 Å². The summed E-state index contributed by atoms with van der Waals surface area (Å²) in [4.78, 5) is 34.2. The van der Waals surface area contributed by atoms with Gasteiger partial charge in [0, 0.05) is 42.7 Å². The summed E-state index contributed by atoms with van der Waals surface area (Å²) in [5.41, 5.74) is 4.25. The molecular weight excluding hydrogens is 514 g/mol. The molecule has 2 aromatic heterocycles. The second kappa shape index (κ2) is 10.3. The molecule has 4 heterocycles. The number of fused-ring (bicyclic) bond motifs is 2. The Kier molecular flexibility index (Phi) is 6.51. The first-order chi connectivity index (χ1) is 19.0. The highest BCUT2D eigenvalue weighted by Gasteiger charge is 2.40. The Morgan fingerprint density at radius 2 is 1.79 bits per heavy atom. The van der Waals surface area contributed by atoms with E-state index in [4.69, 9.17) is 16.3 Å². The van der Waals surface area contributed by atoms with Gasteiger partial charge in [0.1, 0.15) is 23.6 Å². The lowest BCUT2D eigenvalue weighted by Crippen LogP contribution is -2.54. The summed E-state index contributed by atoms with van der Waals surface area (Å²) < 4.78 is 7.75. The number of aromatic nitrogens is 3. The summed E-state index contributed by atoms with van der Waals surface area (Å²) in [7, 11) is 1.69. The minimum absolute atomic E-state index is 0.0247. The molecule has 6 rings (SSSR count). The molecule has 0 bridgehead atoms. The van der Waals surface area contributed by atoms with Gasteiger partial charge in [-0.05, 0) is 42.3 Å². The van der Waals surface area contributed by atoms with Crippen molar-refractivity contribution in [2.24, 2.45) is 0 Å². The summed E-state index contributed by atoms with van der Waals surface area (Å²) in [5, 5.41) is 5.00. The third-order valence-corrected chi connectivity index (χ3v) is 7.39. The van der Waals surface area contributed by atoms with Crippen LogP contribution in [0.15, 0.2) is 73.1 Å². The van der Waals surface area contributed by atoms with Crippen molar-refractivity contribution in [2.75, 3.05) is 25.1 Å². The van der Waals surface area contributed by atoms with Crippen LogP contribution in [0.2, 0.25) is 5.15 Å². The molecule has 1 atom stereocenters. The fourth-order valence-electron chi connectivity index (χ4n) is 4.87. The van der Waals surface area contributed by atoms with Crippen LogP contribution in [-0.2, 0) is 17.8 Å². The van der Waals surface area contributed by atoms with Gasteiger partial charge >= 0.3 is 0 Å². The van der Waals surface area contributed by atoms with Crippen molar-refractivity contribution in [3.05, 3.63) is 106 Å². The number of nitrogens with zero attached hydrogens (tertiary/aromatic N) is 5. The number of carbonyl (C=O) groups excluding carboxylic acids is 2. The van der Waals surface area contributed by atoms with Crippen molar-refractivity contribution >= 4 is 29.1 Å². The Hall–Kier alpha value is -4.61. The van der Waals surface area contributed by atoms with Gasteiger partial charge in [-0.15, -0.1) is 0 Å². The third-order valence-electron chi connectivity index (χ3n) is 6.96. The SMILES string of the molecule is CN1C(=O)[C@H](N2CCc3c(nn(Cc4ccccc4)c3Cl)C2=O)COc2cc(C#Cc3ccncc3)ccc21. The highest BCUT2D eigenvalue weighted by Crippen LogP contribution is 2.34. The molecule has 2 amide bonds. The molecule has 2 aliphatic heterocycles. The van der Waals surface area contributed by atoms with Crippen LogP contribution < -0.4 is 9.64 Å². The monoisotopic (exact) mass is 537 g/mol. The van der Waals surface area contributed by atoms with Crippen LogP contribution in [0.5, 0.6) is 5.75 Å². The molecule has 9 heteroatoms. The molecule has 0 radical (unpaired) electrons. The molecule has 2 aromatic carbocycles. The molecule has 0 spiro atoms. The molecule has 194 valence electrons. The van der Waals surface area contributed by atoms with Crippen molar-refractivity contribution in [3.8, 4) is 17.6 Å². The molecule has 2 aliphatic rings. The molecule has 0 unspecified atom stereocenters. The number of anilines is 1. The summed E-state index contributed by atoms with van der Waals surface area (Å²) in [6, 6.07) is 18.2. The number of benzene rings is 2. The number of pyridine rings is 1. The van der Waals surface area contributed by atoms with E-state index in [1.807, 2.05) is 60.7 Å². The number of rotatable bonds is 3. The van der Waals surface area contributed by atoms with E-state index in [9.17, 15) is 9.59 Å². The fourth-order valence-corrected chi connectivity index (χ4v) is 5.15. The van der Waals surface area contributed by atoms with Gasteiger partial charge in [-0.1, -0.05) is 53.8 Å². The van der Waals surface area contributed by atoms with Crippen LogP contribution in [0, 0.1) is 11.8 Å². The minimum atomic E-state index is -0.799. The predicted molar refractivity (Wildman–Crippen MR) is 147 cm³/mol. The first-order valence-corrected chi connectivity index (χ1v) is 12.9. The molecule has 4 aromatic rings. The molecule has 0 saturated carbocycles. The lowest BCUT2D eigenvalue weighted by atomic mass is 10.0. The van der Waals surface area contributed by atoms with Crippen LogP contribution in [0.1, 0.15) is 32.7 Å². The smallest absolute Gasteiger partial charge is 0.275 e. The number of amides is 2. The predicted octanol–water partition coefficient (Wildman–Crippen LogP) is 3.80. The molecule has 0 N–H and O–H groups in total. The van der Waals surface area contributed by atoms with Crippen molar-refractivity contribution < 1.29 is 14.3 Å². The number of likely N-dealkylation sites (N-methyl/N-ethyl adjacent to an activating group) is 1. The Balaban J connectivity index is 1.23. The maximum Gasteiger partial charge on any atom is 0.275 e. The number of ether oxygens (including phenoxy) is 1. The largest absolute Gasteiger partial charge is 0.489 e. The average Bonchev–Trinajstić information content (AvgIpc) is 3.22. The van der Waals surface area contributed by atoms with Crippen molar-refractivity contribution in [2.45, 2.75) is 19.0 Å². The van der Waals surface area contributed by atoms with Gasteiger partial charge in [0.25, 0.3) is 11.8 Å². The Morgan fingerprint density at radius 1 is 1.03 bits per heavy atom. The number of hydrogen-bond acceptors (Lipinski definition) is 5. The first kappa shape index (κ1) is 24.7. The first-order valence-electron chi connectivity index (χ1n) is 12.6. The Bertz CT molecular complexity index is 1630. The number of hydrogen-bond donors (Lipinski definition) is 0. The van der Waals surface area contributed by atoms with Crippen molar-refractivity contribution in [1.82, 2.24) is 19.7 Å². The van der Waals surface area contributed by atoms with E-state index in [1.54, 1.807) is 29.0 Å². The molecule has 8 nitrogen and oxygen atoms in total. The van der Waals surface area contributed by atoms with E-state index < -0.39 is 6.04 Å². The van der Waals surface area contributed by atoms with Crippen LogP contribution in [0.3, 0.4) is 0 Å². The quantitative estimate of drug-likeness (QED) is 0.371. The lowest BCUT2D eigenvalue weighted by molar-refractivity contribution is -0.123. The maximum atomic E-state index is 13.6. The Labute approximate surface area is 230 Å². The summed E-state index contributed by atoms with van der Waals surface area (Å²) in [6.07, 6.45) is 3.89. The van der Waals surface area contributed by atoms with Crippen molar-refractivity contribution in [3.63, 3.8) is 0 Å². The topological polar surface area (TPSA) is 80.6 Å². The molecule has 39 heavy (non-hydrogen) atoms. The second-order valence-corrected chi connectivity index (χ2v) is 9.76. The summed E-state index contributed by atoms with van der Waals surface area (Å²) in [6.45, 7) is 0.821. The van der Waals surface area contributed by atoms with Crippen LogP contribution in [-0.4, -0.2) is 57.7 Å². The maximum absolute atomic E-state index is 13.6. The van der Waals surface area contributed by atoms with Gasteiger partial charge in [-0.25, -0.2) is 4.68 Å². The van der Waals surface area contributed by atoms with E-state index >= 15 is 0 Å². The zero-order valence-corrected chi connectivity index (χ0v) is 21.9. The van der Waals surface area contributed by atoms with Crippen molar-refractivity contribution in [1.29, 1.82) is 0 Å². The molecular formula is C30H24ClN5O3. The molecule has 0 saturated heterocycles. The van der Waals surface area contributed by atoms with Gasteiger partial charge in [0.05, 0.1) is 12.2 Å². The van der Waals surface area contributed by atoms with Crippen LogP contribution in [0.25, 0.3) is 0 Å². The summed E-state index contributed by atoms with van der Waals surface area (Å²) in [5.74, 6) is 6.22.